The van der Waals surface area contributed by atoms with Crippen LogP contribution in [0.2, 0.25) is 0 Å². The third-order valence-corrected chi connectivity index (χ3v) is 5.15. The average molecular weight is 358 g/mol. The highest BCUT2D eigenvalue weighted by Crippen LogP contribution is 2.28. The summed E-state index contributed by atoms with van der Waals surface area (Å²) in [5.41, 5.74) is 5.54. The van der Waals surface area contributed by atoms with Crippen LogP contribution in [0.4, 0.5) is 0 Å². The first-order valence-electron chi connectivity index (χ1n) is 9.15. The van der Waals surface area contributed by atoms with E-state index in [0.717, 1.165) is 54.9 Å². The Hall–Kier alpha value is -3.92. The van der Waals surface area contributed by atoms with Crippen LogP contribution in [0.15, 0.2) is 85.3 Å². The molecule has 0 aliphatic rings. The summed E-state index contributed by atoms with van der Waals surface area (Å²) in [7, 11) is 0. The lowest BCUT2D eigenvalue weighted by molar-refractivity contribution is 1.34. The molecule has 0 spiro atoms. The van der Waals surface area contributed by atoms with Crippen LogP contribution < -0.4 is 0 Å². The van der Waals surface area contributed by atoms with Crippen molar-refractivity contribution in [3.63, 3.8) is 0 Å². The van der Waals surface area contributed by atoms with Gasteiger partial charge in [0, 0.05) is 45.7 Å². The van der Waals surface area contributed by atoms with Gasteiger partial charge in [0.25, 0.3) is 0 Å². The number of rotatable bonds is 1. The standard InChI is InChI=1S/C24H14N4/c1-3-15-7-8-18-13-19(14-27-23(18)21(15)25-11-1)20-10-9-17-6-5-16-4-2-12-26-22(16)24(17)28-20/h1-14H. The average Bonchev–Trinajstić information content (AvgIpc) is 2.78. The van der Waals surface area contributed by atoms with E-state index in [4.69, 9.17) is 9.97 Å². The Balaban J connectivity index is 1.59. The summed E-state index contributed by atoms with van der Waals surface area (Å²) in [5, 5.41) is 4.32. The van der Waals surface area contributed by atoms with Crippen LogP contribution in [0.1, 0.15) is 0 Å². The molecule has 130 valence electrons. The van der Waals surface area contributed by atoms with Crippen molar-refractivity contribution in [3.8, 4) is 11.3 Å². The molecule has 0 bridgehead atoms. The number of hydrogen-bond acceptors (Lipinski definition) is 4. The summed E-state index contributed by atoms with van der Waals surface area (Å²) in [4.78, 5) is 18.7. The van der Waals surface area contributed by atoms with Crippen molar-refractivity contribution in [3.05, 3.63) is 85.3 Å². The second-order valence-corrected chi connectivity index (χ2v) is 6.85. The van der Waals surface area contributed by atoms with Crippen molar-refractivity contribution >= 4 is 43.6 Å². The Morgan fingerprint density at radius 2 is 1.07 bits per heavy atom. The number of fused-ring (bicyclic) bond motifs is 6. The van der Waals surface area contributed by atoms with Crippen LogP contribution in [0, 0.1) is 0 Å². The van der Waals surface area contributed by atoms with E-state index in [-0.39, 0.29) is 0 Å². The highest BCUT2D eigenvalue weighted by molar-refractivity contribution is 6.05. The van der Waals surface area contributed by atoms with E-state index in [2.05, 4.69) is 58.5 Å². The van der Waals surface area contributed by atoms with Gasteiger partial charge in [0.15, 0.2) is 0 Å². The molecule has 0 radical (unpaired) electrons. The van der Waals surface area contributed by atoms with E-state index >= 15 is 0 Å². The zero-order valence-electron chi connectivity index (χ0n) is 14.9. The quantitative estimate of drug-likeness (QED) is 0.362. The fraction of sp³-hybridized carbons (Fsp3) is 0. The van der Waals surface area contributed by atoms with Crippen LogP contribution in [0.25, 0.3) is 54.9 Å². The number of aromatic nitrogens is 4. The molecule has 4 heterocycles. The first-order chi connectivity index (χ1) is 13.9. The third-order valence-electron chi connectivity index (χ3n) is 5.15. The zero-order valence-corrected chi connectivity index (χ0v) is 14.9. The van der Waals surface area contributed by atoms with Gasteiger partial charge < -0.3 is 0 Å². The second kappa shape index (κ2) is 5.79. The predicted octanol–water partition coefficient (Wildman–Crippen LogP) is 5.55. The van der Waals surface area contributed by atoms with Crippen LogP contribution in [0.5, 0.6) is 0 Å². The molecule has 0 amide bonds. The molecule has 6 rings (SSSR count). The van der Waals surface area contributed by atoms with E-state index in [1.807, 2.05) is 30.6 Å². The second-order valence-electron chi connectivity index (χ2n) is 6.85. The molecule has 0 fully saturated rings. The van der Waals surface area contributed by atoms with Gasteiger partial charge in [-0.3, -0.25) is 15.0 Å². The molecule has 4 aromatic heterocycles. The summed E-state index contributed by atoms with van der Waals surface area (Å²) in [5.74, 6) is 0. The Morgan fingerprint density at radius 3 is 1.82 bits per heavy atom. The summed E-state index contributed by atoms with van der Waals surface area (Å²) < 4.78 is 0. The van der Waals surface area contributed by atoms with Gasteiger partial charge in [0.1, 0.15) is 0 Å². The van der Waals surface area contributed by atoms with Gasteiger partial charge in [0.2, 0.25) is 0 Å². The molecule has 0 atom stereocenters. The molecule has 2 aromatic carbocycles. The lowest BCUT2D eigenvalue weighted by atomic mass is 10.1. The van der Waals surface area contributed by atoms with Crippen molar-refractivity contribution < 1.29 is 0 Å². The molecular formula is C24H14N4. The molecule has 0 saturated carbocycles. The maximum atomic E-state index is 4.92. The van der Waals surface area contributed by atoms with Gasteiger partial charge in [-0.25, -0.2) is 4.98 Å². The smallest absolute Gasteiger partial charge is 0.0972 e. The third kappa shape index (κ3) is 2.25. The predicted molar refractivity (Wildman–Crippen MR) is 113 cm³/mol. The molecule has 6 aromatic rings. The van der Waals surface area contributed by atoms with E-state index in [9.17, 15) is 0 Å². The Morgan fingerprint density at radius 1 is 0.500 bits per heavy atom. The molecular weight excluding hydrogens is 344 g/mol. The van der Waals surface area contributed by atoms with Crippen LogP contribution in [0.3, 0.4) is 0 Å². The lowest BCUT2D eigenvalue weighted by Gasteiger charge is -2.07. The van der Waals surface area contributed by atoms with Crippen LogP contribution >= 0.6 is 0 Å². The minimum absolute atomic E-state index is 0.890. The van der Waals surface area contributed by atoms with E-state index < -0.39 is 0 Å². The monoisotopic (exact) mass is 358 g/mol. The molecule has 0 aliphatic heterocycles. The summed E-state index contributed by atoms with van der Waals surface area (Å²) >= 11 is 0. The minimum Gasteiger partial charge on any atom is -0.254 e. The van der Waals surface area contributed by atoms with Gasteiger partial charge >= 0.3 is 0 Å². The highest BCUT2D eigenvalue weighted by atomic mass is 14.8. The SMILES string of the molecule is c1cnc2c(c1)ccc1cc(-c3ccc4ccc5cccnc5c4n3)cnc12. The molecule has 4 heteroatoms. The van der Waals surface area contributed by atoms with E-state index in [1.54, 1.807) is 6.20 Å². The number of nitrogens with zero attached hydrogens (tertiary/aromatic N) is 4. The fourth-order valence-corrected chi connectivity index (χ4v) is 3.76. The van der Waals surface area contributed by atoms with Gasteiger partial charge in [-0.2, -0.15) is 0 Å². The van der Waals surface area contributed by atoms with E-state index in [0.29, 0.717) is 0 Å². The Labute approximate surface area is 160 Å². The Kier molecular flexibility index (Phi) is 3.14. The molecule has 0 saturated heterocycles. The maximum Gasteiger partial charge on any atom is 0.0972 e. The number of pyridine rings is 4. The summed E-state index contributed by atoms with van der Waals surface area (Å²) in [6.07, 6.45) is 5.50. The van der Waals surface area contributed by atoms with Crippen molar-refractivity contribution in [1.29, 1.82) is 0 Å². The van der Waals surface area contributed by atoms with Crippen molar-refractivity contribution in [2.24, 2.45) is 0 Å². The first kappa shape index (κ1) is 15.2. The molecule has 28 heavy (non-hydrogen) atoms. The number of benzene rings is 2. The van der Waals surface area contributed by atoms with Gasteiger partial charge in [-0.15, -0.1) is 0 Å². The lowest BCUT2D eigenvalue weighted by Crippen LogP contribution is -1.90. The van der Waals surface area contributed by atoms with Crippen molar-refractivity contribution in [2.45, 2.75) is 0 Å². The Bertz CT molecular complexity index is 1520. The van der Waals surface area contributed by atoms with Gasteiger partial charge in [-0.1, -0.05) is 42.5 Å². The maximum absolute atomic E-state index is 4.92. The van der Waals surface area contributed by atoms with Crippen molar-refractivity contribution in [2.75, 3.05) is 0 Å². The van der Waals surface area contributed by atoms with Gasteiger partial charge in [-0.05, 0) is 24.3 Å². The first-order valence-corrected chi connectivity index (χ1v) is 9.15. The van der Waals surface area contributed by atoms with Crippen LogP contribution in [-0.4, -0.2) is 19.9 Å². The van der Waals surface area contributed by atoms with Crippen molar-refractivity contribution in [1.82, 2.24) is 19.9 Å². The fourth-order valence-electron chi connectivity index (χ4n) is 3.76. The molecule has 0 aliphatic carbocycles. The summed E-state index contributed by atoms with van der Waals surface area (Å²) in [6.45, 7) is 0. The van der Waals surface area contributed by atoms with Crippen LogP contribution in [-0.2, 0) is 0 Å². The normalized spacial score (nSPS) is 11.6. The van der Waals surface area contributed by atoms with E-state index in [1.165, 1.54) is 0 Å². The molecule has 0 N–H and O–H groups in total. The largest absolute Gasteiger partial charge is 0.254 e. The highest BCUT2D eigenvalue weighted by Gasteiger charge is 2.09. The molecule has 4 nitrogen and oxygen atoms in total. The zero-order chi connectivity index (χ0) is 18.5. The minimum atomic E-state index is 0.890. The van der Waals surface area contributed by atoms with Gasteiger partial charge in [0.05, 0.1) is 27.8 Å². The topological polar surface area (TPSA) is 51.6 Å². The number of hydrogen-bond donors (Lipinski definition) is 0. The summed E-state index contributed by atoms with van der Waals surface area (Å²) in [6, 6.07) is 22.6. The molecule has 0 unspecified atom stereocenters.